The van der Waals surface area contributed by atoms with Gasteiger partial charge in [-0.15, -0.1) is 0 Å². The Labute approximate surface area is 101 Å². The maximum Gasteiger partial charge on any atom is 0.123 e. The molecule has 0 saturated heterocycles. The summed E-state index contributed by atoms with van der Waals surface area (Å²) in [7, 11) is 0. The van der Waals surface area contributed by atoms with Gasteiger partial charge in [0.25, 0.3) is 0 Å². The van der Waals surface area contributed by atoms with Gasteiger partial charge in [-0.2, -0.15) is 0 Å². The lowest BCUT2D eigenvalue weighted by molar-refractivity contribution is 0.490. The summed E-state index contributed by atoms with van der Waals surface area (Å²) in [6.45, 7) is 1.68. The number of benzene rings is 1. The number of rotatable bonds is 2. The fourth-order valence-corrected chi connectivity index (χ4v) is 2.46. The SMILES string of the molecule is NC1Cc2ccccc2N(Cc2ccco2)C1. The van der Waals surface area contributed by atoms with E-state index in [4.69, 9.17) is 10.2 Å². The molecule has 0 spiro atoms. The van der Waals surface area contributed by atoms with E-state index in [0.29, 0.717) is 0 Å². The third kappa shape index (κ3) is 2.06. The maximum absolute atomic E-state index is 6.10. The first-order valence-corrected chi connectivity index (χ1v) is 5.94. The predicted molar refractivity (Wildman–Crippen MR) is 67.9 cm³/mol. The average Bonchev–Trinajstić information content (AvgIpc) is 2.81. The zero-order valence-corrected chi connectivity index (χ0v) is 9.67. The lowest BCUT2D eigenvalue weighted by atomic mass is 9.98. The number of nitrogens with two attached hydrogens (primary N) is 1. The zero-order valence-electron chi connectivity index (χ0n) is 9.67. The molecule has 1 aromatic heterocycles. The van der Waals surface area contributed by atoms with Crippen LogP contribution in [0, 0.1) is 0 Å². The van der Waals surface area contributed by atoms with E-state index in [1.165, 1.54) is 11.3 Å². The van der Waals surface area contributed by atoms with Gasteiger partial charge in [0.2, 0.25) is 0 Å². The molecule has 2 aromatic rings. The minimum absolute atomic E-state index is 0.208. The summed E-state index contributed by atoms with van der Waals surface area (Å²) in [5.41, 5.74) is 8.71. The van der Waals surface area contributed by atoms with Gasteiger partial charge in [-0.3, -0.25) is 0 Å². The van der Waals surface area contributed by atoms with Crippen LogP contribution in [0.1, 0.15) is 11.3 Å². The van der Waals surface area contributed by atoms with Crippen LogP contribution >= 0.6 is 0 Å². The van der Waals surface area contributed by atoms with Crippen LogP contribution in [0.15, 0.2) is 47.1 Å². The highest BCUT2D eigenvalue weighted by atomic mass is 16.3. The van der Waals surface area contributed by atoms with Gasteiger partial charge in [-0.25, -0.2) is 0 Å². The van der Waals surface area contributed by atoms with Crippen molar-refractivity contribution in [1.29, 1.82) is 0 Å². The number of hydrogen-bond acceptors (Lipinski definition) is 3. The van der Waals surface area contributed by atoms with Crippen LogP contribution in [0.25, 0.3) is 0 Å². The molecule has 1 aliphatic heterocycles. The van der Waals surface area contributed by atoms with Crippen LogP contribution in [0.2, 0.25) is 0 Å². The summed E-state index contributed by atoms with van der Waals surface area (Å²) < 4.78 is 5.40. The van der Waals surface area contributed by atoms with Gasteiger partial charge >= 0.3 is 0 Å². The Kier molecular flexibility index (Phi) is 2.61. The van der Waals surface area contributed by atoms with E-state index in [9.17, 15) is 0 Å². The van der Waals surface area contributed by atoms with Crippen LogP contribution in [0.4, 0.5) is 5.69 Å². The van der Waals surface area contributed by atoms with Crippen LogP contribution < -0.4 is 10.6 Å². The van der Waals surface area contributed by atoms with Crippen LogP contribution in [-0.4, -0.2) is 12.6 Å². The molecular weight excluding hydrogens is 212 g/mol. The van der Waals surface area contributed by atoms with Crippen molar-refractivity contribution in [3.05, 3.63) is 54.0 Å². The van der Waals surface area contributed by atoms with E-state index in [1.54, 1.807) is 6.26 Å². The molecule has 2 N–H and O–H groups in total. The molecule has 17 heavy (non-hydrogen) atoms. The standard InChI is InChI=1S/C14H16N2O/c15-12-8-11-4-1-2-6-14(11)16(9-12)10-13-5-3-7-17-13/h1-7,12H,8-10,15H2. The van der Waals surface area contributed by atoms with Gasteiger partial charge in [0.05, 0.1) is 12.8 Å². The Morgan fingerprint density at radius 3 is 2.94 bits per heavy atom. The molecule has 1 aromatic carbocycles. The van der Waals surface area contributed by atoms with Crippen molar-refractivity contribution in [2.24, 2.45) is 5.73 Å². The molecule has 0 fully saturated rings. The molecule has 0 amide bonds. The van der Waals surface area contributed by atoms with Crippen molar-refractivity contribution >= 4 is 5.69 Å². The number of furan rings is 1. The number of nitrogens with zero attached hydrogens (tertiary/aromatic N) is 1. The van der Waals surface area contributed by atoms with Crippen LogP contribution in [0.5, 0.6) is 0 Å². The van der Waals surface area contributed by atoms with Crippen molar-refractivity contribution in [3.8, 4) is 0 Å². The quantitative estimate of drug-likeness (QED) is 0.856. The minimum Gasteiger partial charge on any atom is -0.467 e. The molecule has 0 saturated carbocycles. The second-order valence-electron chi connectivity index (χ2n) is 4.55. The smallest absolute Gasteiger partial charge is 0.123 e. The summed E-state index contributed by atoms with van der Waals surface area (Å²) >= 11 is 0. The monoisotopic (exact) mass is 228 g/mol. The molecule has 88 valence electrons. The fraction of sp³-hybridized carbons (Fsp3) is 0.286. The normalized spacial score (nSPS) is 19.1. The Bertz CT molecular complexity index is 493. The third-order valence-electron chi connectivity index (χ3n) is 3.20. The molecule has 0 aliphatic carbocycles. The van der Waals surface area contributed by atoms with Crippen molar-refractivity contribution in [3.63, 3.8) is 0 Å². The molecular formula is C14H16N2O. The summed E-state index contributed by atoms with van der Waals surface area (Å²) in [4.78, 5) is 2.29. The Hall–Kier alpha value is -1.74. The Morgan fingerprint density at radius 1 is 1.24 bits per heavy atom. The topological polar surface area (TPSA) is 42.4 Å². The second kappa shape index (κ2) is 4.26. The van der Waals surface area contributed by atoms with Gasteiger partial charge in [0.1, 0.15) is 5.76 Å². The van der Waals surface area contributed by atoms with Crippen molar-refractivity contribution in [1.82, 2.24) is 0 Å². The van der Waals surface area contributed by atoms with E-state index >= 15 is 0 Å². The molecule has 0 bridgehead atoms. The lowest BCUT2D eigenvalue weighted by Gasteiger charge is -2.34. The van der Waals surface area contributed by atoms with Crippen molar-refractivity contribution in [2.45, 2.75) is 19.0 Å². The first-order chi connectivity index (χ1) is 8.33. The van der Waals surface area contributed by atoms with Crippen LogP contribution in [0.3, 0.4) is 0 Å². The third-order valence-corrected chi connectivity index (χ3v) is 3.20. The van der Waals surface area contributed by atoms with Gasteiger partial charge < -0.3 is 15.1 Å². The highest BCUT2D eigenvalue weighted by molar-refractivity contribution is 5.56. The van der Waals surface area contributed by atoms with Gasteiger partial charge in [-0.1, -0.05) is 18.2 Å². The van der Waals surface area contributed by atoms with Crippen molar-refractivity contribution < 1.29 is 4.42 Å². The fourth-order valence-electron chi connectivity index (χ4n) is 2.46. The minimum atomic E-state index is 0.208. The zero-order chi connectivity index (χ0) is 11.7. The average molecular weight is 228 g/mol. The van der Waals surface area contributed by atoms with Gasteiger partial charge in [0, 0.05) is 18.3 Å². The maximum atomic E-state index is 6.10. The lowest BCUT2D eigenvalue weighted by Crippen LogP contribution is -2.42. The number of anilines is 1. The summed E-state index contributed by atoms with van der Waals surface area (Å²) in [6.07, 6.45) is 2.68. The molecule has 1 unspecified atom stereocenters. The number of hydrogen-bond donors (Lipinski definition) is 1. The molecule has 2 heterocycles. The van der Waals surface area contributed by atoms with E-state index in [1.807, 2.05) is 12.1 Å². The van der Waals surface area contributed by atoms with E-state index in [-0.39, 0.29) is 6.04 Å². The number of para-hydroxylation sites is 1. The Morgan fingerprint density at radius 2 is 2.12 bits per heavy atom. The Balaban J connectivity index is 1.90. The first kappa shape index (κ1) is 10.4. The molecule has 3 rings (SSSR count). The first-order valence-electron chi connectivity index (χ1n) is 5.94. The highest BCUT2D eigenvalue weighted by Crippen LogP contribution is 2.27. The molecule has 1 atom stereocenters. The van der Waals surface area contributed by atoms with Gasteiger partial charge in [0.15, 0.2) is 0 Å². The van der Waals surface area contributed by atoms with E-state index in [2.05, 4.69) is 29.2 Å². The van der Waals surface area contributed by atoms with Crippen LogP contribution in [-0.2, 0) is 13.0 Å². The van der Waals surface area contributed by atoms with E-state index in [0.717, 1.165) is 25.3 Å². The molecule has 1 aliphatic rings. The molecule has 3 nitrogen and oxygen atoms in total. The highest BCUT2D eigenvalue weighted by Gasteiger charge is 2.22. The van der Waals surface area contributed by atoms with E-state index < -0.39 is 0 Å². The second-order valence-corrected chi connectivity index (χ2v) is 4.55. The molecule has 3 heteroatoms. The largest absolute Gasteiger partial charge is 0.467 e. The van der Waals surface area contributed by atoms with Crippen molar-refractivity contribution in [2.75, 3.05) is 11.4 Å². The summed E-state index contributed by atoms with van der Waals surface area (Å²) in [6, 6.07) is 12.6. The number of fused-ring (bicyclic) bond motifs is 1. The van der Waals surface area contributed by atoms with Gasteiger partial charge in [-0.05, 0) is 30.2 Å². The summed E-state index contributed by atoms with van der Waals surface area (Å²) in [5.74, 6) is 0.980. The predicted octanol–water partition coefficient (Wildman–Crippen LogP) is 2.17. The summed E-state index contributed by atoms with van der Waals surface area (Å²) in [5, 5.41) is 0. The molecule has 0 radical (unpaired) electrons.